The Morgan fingerprint density at radius 1 is 1.20 bits per heavy atom. The van der Waals surface area contributed by atoms with E-state index in [-0.39, 0.29) is 5.75 Å². The van der Waals surface area contributed by atoms with Gasteiger partial charge < -0.3 is 10.2 Å². The SMILES string of the molecule is CCCCCc1c(O)c(I)cc(O)c1I. The Kier molecular flexibility index (Phi) is 5.45. The summed E-state index contributed by atoms with van der Waals surface area (Å²) in [6.45, 7) is 2.15. The highest BCUT2D eigenvalue weighted by Gasteiger charge is 2.13. The number of phenols is 2. The van der Waals surface area contributed by atoms with Crippen LogP contribution in [0.5, 0.6) is 11.5 Å². The third-order valence-corrected chi connectivity index (χ3v) is 4.32. The van der Waals surface area contributed by atoms with E-state index in [1.54, 1.807) is 6.07 Å². The summed E-state index contributed by atoms with van der Waals surface area (Å²) in [5, 5.41) is 19.5. The van der Waals surface area contributed by atoms with Crippen LogP contribution >= 0.6 is 45.2 Å². The van der Waals surface area contributed by atoms with E-state index in [9.17, 15) is 10.2 Å². The van der Waals surface area contributed by atoms with E-state index in [0.29, 0.717) is 5.75 Å². The van der Waals surface area contributed by atoms with Crippen LogP contribution in [0.2, 0.25) is 0 Å². The van der Waals surface area contributed by atoms with Crippen LogP contribution in [0.25, 0.3) is 0 Å². The van der Waals surface area contributed by atoms with Gasteiger partial charge in [-0.25, -0.2) is 0 Å². The number of halogens is 2. The maximum atomic E-state index is 9.88. The second-order valence-corrected chi connectivity index (χ2v) is 5.72. The van der Waals surface area contributed by atoms with Crippen LogP contribution < -0.4 is 0 Å². The van der Waals surface area contributed by atoms with Crippen LogP contribution in [0.4, 0.5) is 0 Å². The Balaban J connectivity index is 2.94. The Morgan fingerprint density at radius 2 is 1.87 bits per heavy atom. The third kappa shape index (κ3) is 3.37. The van der Waals surface area contributed by atoms with Crippen molar-refractivity contribution in [1.82, 2.24) is 0 Å². The number of hydrogen-bond acceptors (Lipinski definition) is 2. The molecule has 0 saturated carbocycles. The zero-order valence-electron chi connectivity index (χ0n) is 8.56. The molecule has 1 rings (SSSR count). The molecule has 0 heterocycles. The lowest BCUT2D eigenvalue weighted by atomic mass is 10.1. The normalized spacial score (nSPS) is 10.6. The third-order valence-electron chi connectivity index (χ3n) is 2.30. The van der Waals surface area contributed by atoms with Crippen LogP contribution in [-0.4, -0.2) is 10.2 Å². The van der Waals surface area contributed by atoms with Gasteiger partial charge in [0.05, 0.1) is 7.14 Å². The van der Waals surface area contributed by atoms with Crippen molar-refractivity contribution < 1.29 is 10.2 Å². The second kappa shape index (κ2) is 6.12. The van der Waals surface area contributed by atoms with Gasteiger partial charge in [-0.3, -0.25) is 0 Å². The van der Waals surface area contributed by atoms with E-state index < -0.39 is 0 Å². The van der Waals surface area contributed by atoms with Crippen molar-refractivity contribution in [3.8, 4) is 11.5 Å². The van der Waals surface area contributed by atoms with Crippen molar-refractivity contribution >= 4 is 45.2 Å². The summed E-state index contributed by atoms with van der Waals surface area (Å²) in [5.41, 5.74) is 0.883. The van der Waals surface area contributed by atoms with Crippen molar-refractivity contribution in [2.45, 2.75) is 32.6 Å². The van der Waals surface area contributed by atoms with Gasteiger partial charge in [0.1, 0.15) is 11.5 Å². The molecular weight excluding hydrogens is 418 g/mol. The molecule has 1 aromatic carbocycles. The number of rotatable bonds is 4. The minimum Gasteiger partial charge on any atom is -0.507 e. The molecule has 0 aliphatic heterocycles. The average molecular weight is 432 g/mol. The molecule has 0 aliphatic rings. The number of hydrogen-bond donors (Lipinski definition) is 2. The Labute approximate surface area is 117 Å². The van der Waals surface area contributed by atoms with E-state index in [1.807, 2.05) is 22.6 Å². The van der Waals surface area contributed by atoms with Gasteiger partial charge in [0.15, 0.2) is 0 Å². The molecule has 0 aliphatic carbocycles. The lowest BCUT2D eigenvalue weighted by molar-refractivity contribution is 0.446. The zero-order chi connectivity index (χ0) is 11.4. The summed E-state index contributed by atoms with van der Waals surface area (Å²) < 4.78 is 1.50. The fourth-order valence-corrected chi connectivity index (χ4v) is 2.74. The highest BCUT2D eigenvalue weighted by molar-refractivity contribution is 14.1. The maximum absolute atomic E-state index is 9.88. The van der Waals surface area contributed by atoms with Crippen LogP contribution in [0.3, 0.4) is 0 Å². The van der Waals surface area contributed by atoms with E-state index in [2.05, 4.69) is 29.5 Å². The van der Waals surface area contributed by atoms with Gasteiger partial charge in [-0.2, -0.15) is 0 Å². The standard InChI is InChI=1S/C11H14I2O2/c1-2-3-4-5-7-10(13)9(14)6-8(12)11(7)15/h6,14-15H,2-5H2,1H3. The number of unbranched alkanes of at least 4 members (excludes halogenated alkanes) is 2. The average Bonchev–Trinajstić information content (AvgIpc) is 2.20. The molecule has 4 heteroatoms. The van der Waals surface area contributed by atoms with Gasteiger partial charge in [0.2, 0.25) is 0 Å². The first kappa shape index (κ1) is 13.3. The molecule has 0 bridgehead atoms. The summed E-state index contributed by atoms with van der Waals surface area (Å²) >= 11 is 4.13. The zero-order valence-corrected chi connectivity index (χ0v) is 12.9. The maximum Gasteiger partial charge on any atom is 0.133 e. The molecular formula is C11H14I2O2. The molecule has 1 aromatic rings. The Bertz CT molecular complexity index is 325. The molecule has 0 amide bonds. The summed E-state index contributed by atoms with van der Waals surface area (Å²) in [4.78, 5) is 0. The van der Waals surface area contributed by atoms with Crippen molar-refractivity contribution in [2.24, 2.45) is 0 Å². The predicted octanol–water partition coefficient (Wildman–Crippen LogP) is 4.04. The molecule has 15 heavy (non-hydrogen) atoms. The monoisotopic (exact) mass is 432 g/mol. The van der Waals surface area contributed by atoms with Crippen LogP contribution in [0.1, 0.15) is 31.7 Å². The summed E-state index contributed by atoms with van der Waals surface area (Å²) in [6, 6.07) is 1.60. The largest absolute Gasteiger partial charge is 0.507 e. The summed E-state index contributed by atoms with van der Waals surface area (Å²) in [5.74, 6) is 0.596. The first-order chi connectivity index (χ1) is 7.07. The Morgan fingerprint density at radius 3 is 2.47 bits per heavy atom. The number of benzene rings is 1. The van der Waals surface area contributed by atoms with E-state index in [1.165, 1.54) is 0 Å². The molecule has 0 spiro atoms. The number of phenolic OH excluding ortho intramolecular Hbond substituents is 2. The fraction of sp³-hybridized carbons (Fsp3) is 0.455. The van der Waals surface area contributed by atoms with Crippen molar-refractivity contribution in [2.75, 3.05) is 0 Å². The van der Waals surface area contributed by atoms with Crippen molar-refractivity contribution in [1.29, 1.82) is 0 Å². The van der Waals surface area contributed by atoms with E-state index >= 15 is 0 Å². The summed E-state index contributed by atoms with van der Waals surface area (Å²) in [7, 11) is 0. The second-order valence-electron chi connectivity index (χ2n) is 3.48. The fourth-order valence-electron chi connectivity index (χ4n) is 1.43. The van der Waals surface area contributed by atoms with Gasteiger partial charge >= 0.3 is 0 Å². The first-order valence-electron chi connectivity index (χ1n) is 4.96. The minimum atomic E-state index is 0.268. The van der Waals surface area contributed by atoms with Crippen molar-refractivity contribution in [3.05, 3.63) is 18.8 Å². The molecule has 0 atom stereocenters. The molecule has 0 unspecified atom stereocenters. The van der Waals surface area contributed by atoms with Gasteiger partial charge in [-0.05, 0) is 64.1 Å². The van der Waals surface area contributed by atoms with Gasteiger partial charge in [0, 0.05) is 5.56 Å². The van der Waals surface area contributed by atoms with Gasteiger partial charge in [-0.15, -0.1) is 0 Å². The molecule has 2 N–H and O–H groups in total. The smallest absolute Gasteiger partial charge is 0.133 e. The van der Waals surface area contributed by atoms with Gasteiger partial charge in [0.25, 0.3) is 0 Å². The molecule has 84 valence electrons. The topological polar surface area (TPSA) is 40.5 Å². The molecule has 0 saturated heterocycles. The predicted molar refractivity (Wildman–Crippen MR) is 78.4 cm³/mol. The van der Waals surface area contributed by atoms with Crippen LogP contribution in [0.15, 0.2) is 6.07 Å². The quantitative estimate of drug-likeness (QED) is 0.429. The lowest BCUT2D eigenvalue weighted by Gasteiger charge is -2.10. The van der Waals surface area contributed by atoms with E-state index in [4.69, 9.17) is 0 Å². The highest BCUT2D eigenvalue weighted by atomic mass is 127. The molecule has 0 fully saturated rings. The Hall–Kier alpha value is 0.280. The van der Waals surface area contributed by atoms with Crippen molar-refractivity contribution in [3.63, 3.8) is 0 Å². The minimum absolute atomic E-state index is 0.268. The first-order valence-corrected chi connectivity index (χ1v) is 7.12. The lowest BCUT2D eigenvalue weighted by Crippen LogP contribution is -1.93. The number of aromatic hydroxyl groups is 2. The van der Waals surface area contributed by atoms with Gasteiger partial charge in [-0.1, -0.05) is 19.8 Å². The molecule has 0 radical (unpaired) electrons. The van der Waals surface area contributed by atoms with Crippen LogP contribution in [-0.2, 0) is 6.42 Å². The summed E-state index contributed by atoms with van der Waals surface area (Å²) in [6.07, 6.45) is 4.21. The molecule has 0 aromatic heterocycles. The molecule has 2 nitrogen and oxygen atoms in total. The highest BCUT2D eigenvalue weighted by Crippen LogP contribution is 2.35. The van der Waals surface area contributed by atoms with E-state index in [0.717, 1.165) is 38.4 Å². The van der Waals surface area contributed by atoms with Crippen LogP contribution in [0, 0.1) is 7.14 Å².